The lowest BCUT2D eigenvalue weighted by molar-refractivity contribution is -0.649. The first kappa shape index (κ1) is 19.1. The number of fused-ring (bicyclic) bond motifs is 2. The molecule has 0 spiro atoms. The van der Waals surface area contributed by atoms with Crippen LogP contribution in [0.4, 0.5) is 11.4 Å². The number of benzene rings is 2. The van der Waals surface area contributed by atoms with E-state index < -0.39 is 0 Å². The van der Waals surface area contributed by atoms with Crippen LogP contribution < -0.4 is 21.4 Å². The van der Waals surface area contributed by atoms with E-state index in [4.69, 9.17) is 4.99 Å². The van der Waals surface area contributed by atoms with Gasteiger partial charge in [0.2, 0.25) is 5.82 Å². The summed E-state index contributed by atoms with van der Waals surface area (Å²) < 4.78 is 0. The summed E-state index contributed by atoms with van der Waals surface area (Å²) in [5.41, 5.74) is 7.83. The van der Waals surface area contributed by atoms with Gasteiger partial charge in [-0.15, -0.1) is 11.3 Å². The van der Waals surface area contributed by atoms with Gasteiger partial charge in [-0.1, -0.05) is 30.3 Å². The van der Waals surface area contributed by atoms with Crippen LogP contribution >= 0.6 is 11.3 Å². The van der Waals surface area contributed by atoms with Crippen LogP contribution in [0.3, 0.4) is 0 Å². The maximum Gasteiger partial charge on any atom is 0.265 e. The van der Waals surface area contributed by atoms with Gasteiger partial charge in [-0.3, -0.25) is 15.4 Å². The average molecular weight is 444 g/mol. The summed E-state index contributed by atoms with van der Waals surface area (Å²) in [5, 5.41) is 21.5. The van der Waals surface area contributed by atoms with Crippen molar-refractivity contribution in [2.45, 2.75) is 12.3 Å². The molecule has 4 aromatic rings. The van der Waals surface area contributed by atoms with Crippen molar-refractivity contribution >= 4 is 39.5 Å². The number of aromatic nitrogens is 2. The van der Waals surface area contributed by atoms with Gasteiger partial charge in [-0.05, 0) is 35.2 Å². The Morgan fingerprint density at radius 3 is 2.94 bits per heavy atom. The number of hydrogen-bond acceptors (Lipinski definition) is 7. The van der Waals surface area contributed by atoms with Crippen LogP contribution in [-0.2, 0) is 0 Å². The minimum Gasteiger partial charge on any atom is -0.339 e. The first-order chi connectivity index (χ1) is 15.7. The lowest BCUT2D eigenvalue weighted by atomic mass is 10.1. The number of hydrogen-bond donors (Lipinski definition) is 5. The minimum absolute atomic E-state index is 0.149. The highest BCUT2D eigenvalue weighted by atomic mass is 32.1. The number of H-pyrrole nitrogens is 1. The molecule has 0 saturated carbocycles. The average Bonchev–Trinajstić information content (AvgIpc) is 3.54. The highest BCUT2D eigenvalue weighted by molar-refractivity contribution is 7.13. The van der Waals surface area contributed by atoms with E-state index in [1.54, 1.807) is 11.3 Å². The molecule has 4 heterocycles. The van der Waals surface area contributed by atoms with Crippen molar-refractivity contribution in [2.24, 2.45) is 4.99 Å². The van der Waals surface area contributed by atoms with Gasteiger partial charge in [-0.25, -0.2) is 5.43 Å². The summed E-state index contributed by atoms with van der Waals surface area (Å²) in [6.07, 6.45) is 3.88. The van der Waals surface area contributed by atoms with E-state index in [0.717, 1.165) is 38.8 Å². The third kappa shape index (κ3) is 3.52. The second-order valence-electron chi connectivity index (χ2n) is 7.86. The van der Waals surface area contributed by atoms with Crippen molar-refractivity contribution in [1.29, 1.82) is 0 Å². The van der Waals surface area contributed by atoms with Crippen molar-refractivity contribution in [3.05, 3.63) is 88.5 Å². The fraction of sp³-hybridized carbons (Fsp3) is 0.130. The van der Waals surface area contributed by atoms with Gasteiger partial charge in [0.1, 0.15) is 0 Å². The molecule has 160 valence electrons. The van der Waals surface area contributed by atoms with Crippen molar-refractivity contribution in [1.82, 2.24) is 20.6 Å². The maximum atomic E-state index is 4.98. The quantitative estimate of drug-likeness (QED) is 0.334. The van der Waals surface area contributed by atoms with Gasteiger partial charge < -0.3 is 10.6 Å². The fourth-order valence-corrected chi connectivity index (χ4v) is 4.89. The van der Waals surface area contributed by atoms with E-state index in [-0.39, 0.29) is 12.3 Å². The summed E-state index contributed by atoms with van der Waals surface area (Å²) >= 11 is 1.68. The molecule has 0 aliphatic carbocycles. The molecule has 6 rings (SSSR count). The molecule has 0 saturated heterocycles. The largest absolute Gasteiger partial charge is 0.339 e. The van der Waals surface area contributed by atoms with Crippen LogP contribution in [0.2, 0.25) is 0 Å². The molecule has 2 unspecified atom stereocenters. The molecule has 0 amide bonds. The van der Waals surface area contributed by atoms with Gasteiger partial charge in [0.15, 0.2) is 5.84 Å². The zero-order chi connectivity index (χ0) is 21.5. The molecule has 0 radical (unpaired) electrons. The van der Waals surface area contributed by atoms with Crippen molar-refractivity contribution < 1.29 is 5.32 Å². The van der Waals surface area contributed by atoms with Crippen molar-refractivity contribution in [3.8, 4) is 0 Å². The van der Waals surface area contributed by atoms with Crippen LogP contribution in [0.15, 0.2) is 83.1 Å². The Morgan fingerprint density at radius 1 is 1.12 bits per heavy atom. The molecule has 32 heavy (non-hydrogen) atoms. The number of amidine groups is 1. The molecule has 0 bridgehead atoms. The maximum absolute atomic E-state index is 4.98. The second kappa shape index (κ2) is 7.79. The lowest BCUT2D eigenvalue weighted by Gasteiger charge is -2.24. The zero-order valence-corrected chi connectivity index (χ0v) is 18.2. The summed E-state index contributed by atoms with van der Waals surface area (Å²) in [5.74, 6) is 1.96. The number of quaternary nitrogens is 1. The fourth-order valence-electron chi connectivity index (χ4n) is 4.08. The first-order valence-electron chi connectivity index (χ1n) is 10.5. The number of anilines is 2. The molecule has 2 atom stereocenters. The Balaban J connectivity index is 1.26. The second-order valence-corrected chi connectivity index (χ2v) is 8.78. The van der Waals surface area contributed by atoms with E-state index in [9.17, 15) is 0 Å². The first-order valence-corrected chi connectivity index (χ1v) is 11.3. The van der Waals surface area contributed by atoms with Crippen molar-refractivity contribution in [2.75, 3.05) is 17.7 Å². The number of aromatic amines is 1. The molecule has 2 aliphatic rings. The van der Waals surface area contributed by atoms with Crippen molar-refractivity contribution in [3.63, 3.8) is 0 Å². The molecule has 2 aromatic heterocycles. The summed E-state index contributed by atoms with van der Waals surface area (Å²) in [6, 6.07) is 18.8. The van der Waals surface area contributed by atoms with E-state index in [1.807, 2.05) is 31.4 Å². The van der Waals surface area contributed by atoms with E-state index in [0.29, 0.717) is 0 Å². The smallest absolute Gasteiger partial charge is 0.265 e. The van der Waals surface area contributed by atoms with Crippen LogP contribution in [0, 0.1) is 0 Å². The number of nitrogens with one attached hydrogen (secondary N) is 4. The SMILES string of the molecule is CN1NC(c2ccccc2)C=C1[NH2+]C1N=C(Nc2ccc3[nH]ncc3c2)c2sccc2N1. The van der Waals surface area contributed by atoms with Crippen LogP contribution in [0.25, 0.3) is 10.9 Å². The highest BCUT2D eigenvalue weighted by Crippen LogP contribution is 2.28. The predicted octanol–water partition coefficient (Wildman–Crippen LogP) is 2.79. The Morgan fingerprint density at radius 2 is 2.03 bits per heavy atom. The molecule has 0 fully saturated rings. The van der Waals surface area contributed by atoms with Gasteiger partial charge in [0, 0.05) is 24.2 Å². The van der Waals surface area contributed by atoms with E-state index >= 15 is 0 Å². The number of aliphatic imine (C=N–C) groups is 1. The Bertz CT molecular complexity index is 1320. The number of thiophene rings is 1. The number of nitrogens with two attached hydrogens (primary N) is 1. The number of nitrogens with zero attached hydrogens (tertiary/aromatic N) is 3. The van der Waals surface area contributed by atoms with Gasteiger partial charge in [0.25, 0.3) is 6.29 Å². The zero-order valence-electron chi connectivity index (χ0n) is 17.4. The minimum atomic E-state index is -0.178. The molecular formula is C23H23N8S+. The Hall–Kier alpha value is -3.66. The molecule has 6 N–H and O–H groups in total. The predicted molar refractivity (Wildman–Crippen MR) is 128 cm³/mol. The third-order valence-electron chi connectivity index (χ3n) is 5.70. The lowest BCUT2D eigenvalue weighted by Crippen LogP contribution is -2.91. The third-order valence-corrected chi connectivity index (χ3v) is 6.62. The van der Waals surface area contributed by atoms with Gasteiger partial charge in [-0.2, -0.15) is 10.1 Å². The van der Waals surface area contributed by atoms with Crippen LogP contribution in [-0.4, -0.2) is 34.4 Å². The standard InChI is InChI=1S/C23H22N8S/c1-31-20(12-19(30-31)14-5-3-2-4-6-14)27-23-26-18-9-10-32-21(18)22(28-23)25-16-7-8-17-15(11-16)13-24-29-17/h2-13,19,23,26-27,30H,1H3,(H,24,29)(H,25,28)/p+1. The monoisotopic (exact) mass is 443 g/mol. The highest BCUT2D eigenvalue weighted by Gasteiger charge is 2.30. The van der Waals surface area contributed by atoms with Gasteiger partial charge >= 0.3 is 0 Å². The normalized spacial score (nSPS) is 20.0. The molecular weight excluding hydrogens is 420 g/mol. The Kier molecular flexibility index (Phi) is 4.64. The van der Waals surface area contributed by atoms with Gasteiger partial charge in [0.05, 0.1) is 28.3 Å². The summed E-state index contributed by atoms with van der Waals surface area (Å²) in [7, 11) is 2.03. The van der Waals surface area contributed by atoms with E-state index in [2.05, 4.69) is 84.4 Å². The topological polar surface area (TPSA) is 97.0 Å². The van der Waals surface area contributed by atoms with Crippen LogP contribution in [0.5, 0.6) is 0 Å². The molecule has 2 aromatic carbocycles. The van der Waals surface area contributed by atoms with Crippen LogP contribution in [0.1, 0.15) is 16.5 Å². The Labute approximate surface area is 189 Å². The number of hydrazine groups is 1. The van der Waals surface area contributed by atoms with E-state index in [1.165, 1.54) is 5.56 Å². The number of rotatable bonds is 4. The molecule has 2 aliphatic heterocycles. The summed E-state index contributed by atoms with van der Waals surface area (Å²) in [6.45, 7) is 0. The summed E-state index contributed by atoms with van der Waals surface area (Å²) in [4.78, 5) is 6.09. The molecule has 8 nitrogen and oxygen atoms in total. The molecule has 9 heteroatoms.